The number of hydrogen-bond donors (Lipinski definition) is 2. The first-order chi connectivity index (χ1) is 10.2. The molecule has 0 saturated heterocycles. The quantitative estimate of drug-likeness (QED) is 0.857. The number of halogens is 1. The van der Waals surface area contributed by atoms with E-state index >= 15 is 0 Å². The summed E-state index contributed by atoms with van der Waals surface area (Å²) in [5.74, 6) is 1.37. The lowest BCUT2D eigenvalue weighted by Gasteiger charge is -2.16. The van der Waals surface area contributed by atoms with Gasteiger partial charge in [-0.3, -0.25) is 0 Å². The van der Waals surface area contributed by atoms with Gasteiger partial charge in [-0.05, 0) is 18.2 Å². The Balaban J connectivity index is 2.08. The fraction of sp³-hybridized carbons (Fsp3) is 0.250. The summed E-state index contributed by atoms with van der Waals surface area (Å²) in [5, 5.41) is 13.9. The Morgan fingerprint density at radius 3 is 2.57 bits per heavy atom. The molecule has 0 aromatic heterocycles. The van der Waals surface area contributed by atoms with Crippen molar-refractivity contribution in [1.82, 2.24) is 0 Å². The number of ether oxygens (including phenoxy) is 2. The van der Waals surface area contributed by atoms with Gasteiger partial charge in [-0.15, -0.1) is 0 Å². The van der Waals surface area contributed by atoms with Crippen molar-refractivity contribution in [2.75, 3.05) is 26.1 Å². The van der Waals surface area contributed by atoms with Crippen LogP contribution in [0.25, 0.3) is 0 Å². The zero-order chi connectivity index (χ0) is 15.2. The minimum atomic E-state index is -0.703. The van der Waals surface area contributed by atoms with Crippen molar-refractivity contribution >= 4 is 17.3 Å². The van der Waals surface area contributed by atoms with Crippen LogP contribution >= 0.6 is 11.6 Å². The summed E-state index contributed by atoms with van der Waals surface area (Å²) < 4.78 is 10.4. The fourth-order valence-electron chi connectivity index (χ4n) is 2.01. The standard InChI is InChI=1S/C16H18ClNO3/c1-20-11-7-8-14(16(9-11)21-2)18-10-15(19)12-5-3-4-6-13(12)17/h3-9,15,18-19H,10H2,1-2H3. The van der Waals surface area contributed by atoms with Gasteiger partial charge in [-0.2, -0.15) is 0 Å². The summed E-state index contributed by atoms with van der Waals surface area (Å²) in [6.07, 6.45) is -0.703. The average molecular weight is 308 g/mol. The number of methoxy groups -OCH3 is 2. The van der Waals surface area contributed by atoms with Gasteiger partial charge in [-0.1, -0.05) is 29.8 Å². The van der Waals surface area contributed by atoms with Gasteiger partial charge in [0.2, 0.25) is 0 Å². The molecule has 4 nitrogen and oxygen atoms in total. The van der Waals surface area contributed by atoms with Crippen molar-refractivity contribution in [3.63, 3.8) is 0 Å². The van der Waals surface area contributed by atoms with Gasteiger partial charge in [-0.25, -0.2) is 0 Å². The van der Waals surface area contributed by atoms with Gasteiger partial charge >= 0.3 is 0 Å². The third kappa shape index (κ3) is 3.80. The predicted octanol–water partition coefficient (Wildman–Crippen LogP) is 3.50. The number of rotatable bonds is 6. The molecule has 0 saturated carbocycles. The van der Waals surface area contributed by atoms with Gasteiger partial charge in [0, 0.05) is 23.2 Å². The smallest absolute Gasteiger partial charge is 0.145 e. The van der Waals surface area contributed by atoms with Crippen molar-refractivity contribution < 1.29 is 14.6 Å². The first-order valence-electron chi connectivity index (χ1n) is 6.54. The third-order valence-electron chi connectivity index (χ3n) is 3.16. The summed E-state index contributed by atoms with van der Waals surface area (Å²) in [5.41, 5.74) is 1.48. The SMILES string of the molecule is COc1ccc(NCC(O)c2ccccc2Cl)c(OC)c1. The molecule has 0 aliphatic heterocycles. The van der Waals surface area contributed by atoms with Crippen molar-refractivity contribution in [3.05, 3.63) is 53.1 Å². The zero-order valence-corrected chi connectivity index (χ0v) is 12.7. The van der Waals surface area contributed by atoms with E-state index in [4.69, 9.17) is 21.1 Å². The molecule has 2 N–H and O–H groups in total. The molecule has 0 aliphatic rings. The highest BCUT2D eigenvalue weighted by Crippen LogP contribution is 2.30. The molecule has 0 heterocycles. The Morgan fingerprint density at radius 2 is 1.90 bits per heavy atom. The first kappa shape index (κ1) is 15.5. The number of nitrogens with one attached hydrogen (secondary N) is 1. The van der Waals surface area contributed by atoms with Crippen LogP contribution in [-0.4, -0.2) is 25.9 Å². The van der Waals surface area contributed by atoms with Gasteiger partial charge < -0.3 is 19.9 Å². The Bertz CT molecular complexity index is 604. The Kier molecular flexibility index (Phi) is 5.31. The second-order valence-electron chi connectivity index (χ2n) is 4.48. The largest absolute Gasteiger partial charge is 0.497 e. The molecule has 0 radical (unpaired) electrons. The van der Waals surface area contributed by atoms with E-state index in [0.29, 0.717) is 28.6 Å². The summed E-state index contributed by atoms with van der Waals surface area (Å²) in [6.45, 7) is 0.326. The number of aliphatic hydroxyl groups is 1. The zero-order valence-electron chi connectivity index (χ0n) is 12.0. The summed E-state index contributed by atoms with van der Waals surface area (Å²) in [7, 11) is 3.19. The molecule has 0 fully saturated rings. The van der Waals surface area contributed by atoms with Crippen LogP contribution < -0.4 is 14.8 Å². The maximum atomic E-state index is 10.2. The van der Waals surface area contributed by atoms with E-state index in [-0.39, 0.29) is 0 Å². The highest BCUT2D eigenvalue weighted by molar-refractivity contribution is 6.31. The third-order valence-corrected chi connectivity index (χ3v) is 3.50. The molecular weight excluding hydrogens is 290 g/mol. The predicted molar refractivity (Wildman–Crippen MR) is 84.4 cm³/mol. The average Bonchev–Trinajstić information content (AvgIpc) is 2.52. The van der Waals surface area contributed by atoms with Crippen LogP contribution in [0.15, 0.2) is 42.5 Å². The van der Waals surface area contributed by atoms with Crippen LogP contribution in [0.1, 0.15) is 11.7 Å². The molecule has 0 amide bonds. The number of aliphatic hydroxyl groups excluding tert-OH is 1. The van der Waals surface area contributed by atoms with E-state index in [1.807, 2.05) is 24.3 Å². The molecule has 2 aromatic carbocycles. The second kappa shape index (κ2) is 7.20. The fourth-order valence-corrected chi connectivity index (χ4v) is 2.27. The van der Waals surface area contributed by atoms with E-state index in [0.717, 1.165) is 5.69 Å². The van der Waals surface area contributed by atoms with Gasteiger partial charge in [0.1, 0.15) is 11.5 Å². The molecule has 2 aromatic rings. The van der Waals surface area contributed by atoms with Crippen molar-refractivity contribution in [1.29, 1.82) is 0 Å². The number of benzene rings is 2. The summed E-state index contributed by atoms with van der Waals surface area (Å²) in [6, 6.07) is 12.7. The molecule has 1 atom stereocenters. The molecule has 2 rings (SSSR count). The van der Waals surface area contributed by atoms with Crippen molar-refractivity contribution in [2.45, 2.75) is 6.10 Å². The maximum Gasteiger partial charge on any atom is 0.145 e. The Hall–Kier alpha value is -1.91. The minimum Gasteiger partial charge on any atom is -0.497 e. The van der Waals surface area contributed by atoms with Gasteiger partial charge in [0.05, 0.1) is 26.0 Å². The van der Waals surface area contributed by atoms with E-state index in [1.165, 1.54) is 0 Å². The Morgan fingerprint density at radius 1 is 1.14 bits per heavy atom. The summed E-state index contributed by atoms with van der Waals surface area (Å²) >= 11 is 6.07. The molecule has 112 valence electrons. The first-order valence-corrected chi connectivity index (χ1v) is 6.92. The number of hydrogen-bond acceptors (Lipinski definition) is 4. The molecule has 0 bridgehead atoms. The van der Waals surface area contributed by atoms with Crippen molar-refractivity contribution in [2.24, 2.45) is 0 Å². The van der Waals surface area contributed by atoms with E-state index in [9.17, 15) is 5.11 Å². The van der Waals surface area contributed by atoms with Crippen LogP contribution in [0.2, 0.25) is 5.02 Å². The lowest BCUT2D eigenvalue weighted by atomic mass is 10.1. The topological polar surface area (TPSA) is 50.7 Å². The molecule has 5 heteroatoms. The monoisotopic (exact) mass is 307 g/mol. The van der Waals surface area contributed by atoms with Crippen LogP contribution in [0, 0.1) is 0 Å². The lowest BCUT2D eigenvalue weighted by molar-refractivity contribution is 0.191. The van der Waals surface area contributed by atoms with Gasteiger partial charge in [0.25, 0.3) is 0 Å². The lowest BCUT2D eigenvalue weighted by Crippen LogP contribution is -2.13. The number of anilines is 1. The minimum absolute atomic E-state index is 0.326. The van der Waals surface area contributed by atoms with Crippen molar-refractivity contribution in [3.8, 4) is 11.5 Å². The normalized spacial score (nSPS) is 11.8. The Labute approximate surface area is 129 Å². The van der Waals surface area contributed by atoms with Gasteiger partial charge in [0.15, 0.2) is 0 Å². The van der Waals surface area contributed by atoms with E-state index in [1.54, 1.807) is 32.4 Å². The second-order valence-corrected chi connectivity index (χ2v) is 4.89. The van der Waals surface area contributed by atoms with Crippen LogP contribution in [0.4, 0.5) is 5.69 Å². The molecule has 0 aliphatic carbocycles. The van der Waals surface area contributed by atoms with Crippen LogP contribution in [0.5, 0.6) is 11.5 Å². The van der Waals surface area contributed by atoms with Crippen LogP contribution in [0.3, 0.4) is 0 Å². The van der Waals surface area contributed by atoms with Crippen LogP contribution in [-0.2, 0) is 0 Å². The van der Waals surface area contributed by atoms with E-state index in [2.05, 4.69) is 5.32 Å². The molecule has 21 heavy (non-hydrogen) atoms. The highest BCUT2D eigenvalue weighted by atomic mass is 35.5. The maximum absolute atomic E-state index is 10.2. The summed E-state index contributed by atoms with van der Waals surface area (Å²) in [4.78, 5) is 0. The molecule has 0 spiro atoms. The molecule has 1 unspecified atom stereocenters. The highest BCUT2D eigenvalue weighted by Gasteiger charge is 2.12. The van der Waals surface area contributed by atoms with E-state index < -0.39 is 6.10 Å². The molecular formula is C16H18ClNO3.